The molecule has 0 N–H and O–H groups in total. The molecule has 0 aliphatic rings. The van der Waals surface area contributed by atoms with Crippen molar-refractivity contribution in [1.29, 1.82) is 0 Å². The maximum atomic E-state index is 13.3. The number of hydrogen-bond acceptors (Lipinski definition) is 4. The van der Waals surface area contributed by atoms with Crippen molar-refractivity contribution < 1.29 is 19.1 Å². The smallest absolute Gasteiger partial charge is 0.310 e. The monoisotopic (exact) mass is 461 g/mol. The molecule has 166 valence electrons. The van der Waals surface area contributed by atoms with Crippen molar-refractivity contribution in [3.05, 3.63) is 64.3 Å². The summed E-state index contributed by atoms with van der Waals surface area (Å²) in [5.74, 6) is 1.05. The number of esters is 1. The minimum atomic E-state index is -0.737. The van der Waals surface area contributed by atoms with Gasteiger partial charge in [-0.05, 0) is 73.7 Å². The lowest BCUT2D eigenvalue weighted by Crippen LogP contribution is -2.16. The van der Waals surface area contributed by atoms with E-state index >= 15 is 0 Å². The Kier molecular flexibility index (Phi) is 7.02. The highest BCUT2D eigenvalue weighted by molar-refractivity contribution is 8.32. The van der Waals surface area contributed by atoms with Crippen molar-refractivity contribution in [2.24, 2.45) is 0 Å². The molecule has 1 aromatic heterocycles. The third-order valence-corrected chi connectivity index (χ3v) is 6.76. The number of aromatic nitrogens is 1. The lowest BCUT2D eigenvalue weighted by molar-refractivity contribution is -0.142. The van der Waals surface area contributed by atoms with Crippen LogP contribution in [0.4, 0.5) is 0 Å². The van der Waals surface area contributed by atoms with Gasteiger partial charge in [0.15, 0.2) is 0 Å². The number of hydrogen-bond donors (Lipinski definition) is 0. The van der Waals surface area contributed by atoms with Crippen LogP contribution < -0.4 is 4.74 Å². The quantitative estimate of drug-likeness (QED) is 0.460. The van der Waals surface area contributed by atoms with E-state index in [1.807, 2.05) is 25.1 Å². The number of rotatable bonds is 7. The average Bonchev–Trinajstić information content (AvgIpc) is 2.98. The summed E-state index contributed by atoms with van der Waals surface area (Å²) in [6, 6.07) is 12.3. The van der Waals surface area contributed by atoms with Crippen LogP contribution >= 0.6 is 21.6 Å². The highest BCUT2D eigenvalue weighted by atomic mass is 35.5. The summed E-state index contributed by atoms with van der Waals surface area (Å²) >= 11 is 5.97. The second-order valence-electron chi connectivity index (χ2n) is 8.29. The molecule has 31 heavy (non-hydrogen) atoms. The topological polar surface area (TPSA) is 57.5 Å². The number of carbonyl (C=O) groups is 2. The summed E-state index contributed by atoms with van der Waals surface area (Å²) in [5, 5.41) is 1.37. The molecule has 0 unspecified atom stereocenters. The molecule has 0 saturated heterocycles. The fraction of sp³-hybridized carbons (Fsp3) is 0.333. The lowest BCUT2D eigenvalue weighted by Gasteiger charge is -2.24. The van der Waals surface area contributed by atoms with Crippen molar-refractivity contribution in [2.45, 2.75) is 13.3 Å². The molecule has 0 amide bonds. The number of nitrogens with zero attached hydrogens (tertiary/aromatic N) is 1. The number of fused-ring (bicyclic) bond motifs is 1. The molecule has 3 rings (SSSR count). The molecule has 3 aromatic rings. The first kappa shape index (κ1) is 23.2. The van der Waals surface area contributed by atoms with Crippen LogP contribution in [0, 0.1) is 6.92 Å². The van der Waals surface area contributed by atoms with Crippen molar-refractivity contribution in [2.75, 3.05) is 38.2 Å². The summed E-state index contributed by atoms with van der Waals surface area (Å²) in [4.78, 5) is 25.9. The van der Waals surface area contributed by atoms with E-state index in [0.717, 1.165) is 22.2 Å². The van der Waals surface area contributed by atoms with Crippen LogP contribution in [0.5, 0.6) is 5.75 Å². The fourth-order valence-electron chi connectivity index (χ4n) is 3.40. The van der Waals surface area contributed by atoms with Crippen LogP contribution in [0.15, 0.2) is 42.5 Å². The molecule has 0 aliphatic heterocycles. The Bertz CT molecular complexity index is 1110. The number of methoxy groups -OCH3 is 1. The highest BCUT2D eigenvalue weighted by Crippen LogP contribution is 2.34. The van der Waals surface area contributed by atoms with Crippen molar-refractivity contribution >= 4 is 44.4 Å². The van der Waals surface area contributed by atoms with Crippen molar-refractivity contribution in [3.63, 3.8) is 0 Å². The maximum Gasteiger partial charge on any atom is 0.310 e. The summed E-state index contributed by atoms with van der Waals surface area (Å²) in [5.41, 5.74) is 2.72. The molecular formula is C24H28ClNO4S. The van der Waals surface area contributed by atoms with E-state index in [2.05, 4.69) is 18.8 Å². The average molecular weight is 462 g/mol. The van der Waals surface area contributed by atoms with Gasteiger partial charge >= 0.3 is 5.97 Å². The third kappa shape index (κ3) is 5.43. The fourth-order valence-corrected chi connectivity index (χ4v) is 4.11. The molecular weight excluding hydrogens is 434 g/mol. The van der Waals surface area contributed by atoms with E-state index in [4.69, 9.17) is 21.1 Å². The maximum absolute atomic E-state index is 13.3. The predicted molar refractivity (Wildman–Crippen MR) is 129 cm³/mol. The van der Waals surface area contributed by atoms with Gasteiger partial charge in [-0.25, -0.2) is 10.0 Å². The standard InChI is InChI=1S/C24H28ClNO4S/c1-16-20(15-23(27)30-12-13-31(3,4)5)21-14-19(29-2)10-11-22(21)26(16)24(28)17-6-8-18(25)9-7-17/h6-11,14H,12-13,15H2,1-5H3. The van der Waals surface area contributed by atoms with Crippen molar-refractivity contribution in [1.82, 2.24) is 4.57 Å². The van der Waals surface area contributed by atoms with E-state index in [0.29, 0.717) is 28.6 Å². The molecule has 0 spiro atoms. The Morgan fingerprint density at radius 1 is 1.06 bits per heavy atom. The molecule has 7 heteroatoms. The van der Waals surface area contributed by atoms with Gasteiger partial charge in [0.2, 0.25) is 0 Å². The normalized spacial score (nSPS) is 12.1. The Hall–Kier alpha value is -2.44. The molecule has 2 aromatic carbocycles. The summed E-state index contributed by atoms with van der Waals surface area (Å²) in [7, 11) is 0.853. The highest BCUT2D eigenvalue weighted by Gasteiger charge is 2.22. The van der Waals surface area contributed by atoms with Gasteiger partial charge < -0.3 is 9.47 Å². The number of benzene rings is 2. The number of carbonyl (C=O) groups excluding carboxylic acids is 2. The Morgan fingerprint density at radius 2 is 1.74 bits per heavy atom. The van der Waals surface area contributed by atoms with Gasteiger partial charge in [0.1, 0.15) is 5.75 Å². The van der Waals surface area contributed by atoms with E-state index < -0.39 is 10.0 Å². The first-order valence-corrected chi connectivity index (χ1v) is 13.3. The van der Waals surface area contributed by atoms with Gasteiger partial charge in [-0.3, -0.25) is 14.2 Å². The van der Waals surface area contributed by atoms with Gasteiger partial charge in [-0.1, -0.05) is 11.6 Å². The van der Waals surface area contributed by atoms with Gasteiger partial charge in [0.25, 0.3) is 5.91 Å². The summed E-state index contributed by atoms with van der Waals surface area (Å²) in [6.07, 6.45) is 6.66. The Morgan fingerprint density at radius 3 is 2.35 bits per heavy atom. The van der Waals surface area contributed by atoms with Crippen molar-refractivity contribution in [3.8, 4) is 5.75 Å². The molecule has 1 heterocycles. The summed E-state index contributed by atoms with van der Waals surface area (Å²) in [6.45, 7) is 2.25. The van der Waals surface area contributed by atoms with Crippen LogP contribution in [0.2, 0.25) is 5.02 Å². The van der Waals surface area contributed by atoms with Gasteiger partial charge in [-0.2, -0.15) is 0 Å². The zero-order chi connectivity index (χ0) is 22.8. The van der Waals surface area contributed by atoms with Crippen LogP contribution in [0.3, 0.4) is 0 Å². The predicted octanol–water partition coefficient (Wildman–Crippen LogP) is 5.08. The molecule has 0 radical (unpaired) electrons. The zero-order valence-electron chi connectivity index (χ0n) is 18.5. The minimum Gasteiger partial charge on any atom is -0.497 e. The number of ether oxygens (including phenoxy) is 2. The van der Waals surface area contributed by atoms with E-state index in [9.17, 15) is 9.59 Å². The molecule has 0 aliphatic carbocycles. The van der Waals surface area contributed by atoms with Crippen LogP contribution in [-0.4, -0.2) is 54.7 Å². The second kappa shape index (κ2) is 9.37. The Balaban J connectivity index is 1.99. The molecule has 5 nitrogen and oxygen atoms in total. The first-order chi connectivity index (χ1) is 14.6. The SMILES string of the molecule is COc1ccc2c(c1)c(CC(=O)OCCS(C)(C)C)c(C)n2C(=O)c1ccc(Cl)cc1. The molecule has 0 atom stereocenters. The van der Waals surface area contributed by atoms with Crippen LogP contribution in [0.25, 0.3) is 10.9 Å². The first-order valence-electron chi connectivity index (χ1n) is 9.90. The second-order valence-corrected chi connectivity index (χ2v) is 13.3. The molecule has 0 bridgehead atoms. The van der Waals surface area contributed by atoms with E-state index in [1.54, 1.807) is 35.9 Å². The largest absolute Gasteiger partial charge is 0.497 e. The molecule has 0 fully saturated rings. The third-order valence-electron chi connectivity index (χ3n) is 5.12. The van der Waals surface area contributed by atoms with Crippen LogP contribution in [0.1, 0.15) is 21.6 Å². The van der Waals surface area contributed by atoms with Gasteiger partial charge in [-0.15, -0.1) is 0 Å². The lowest BCUT2D eigenvalue weighted by atomic mass is 10.1. The molecule has 0 saturated carbocycles. The minimum absolute atomic E-state index is 0.0931. The number of halogens is 1. The van der Waals surface area contributed by atoms with Gasteiger partial charge in [0.05, 0.1) is 25.7 Å². The Labute approximate surface area is 189 Å². The van der Waals surface area contributed by atoms with E-state index in [-0.39, 0.29) is 18.3 Å². The van der Waals surface area contributed by atoms with Crippen LogP contribution in [-0.2, 0) is 16.0 Å². The van der Waals surface area contributed by atoms with E-state index in [1.165, 1.54) is 0 Å². The van der Waals surface area contributed by atoms with Gasteiger partial charge in [0, 0.05) is 27.4 Å². The zero-order valence-corrected chi connectivity index (χ0v) is 20.1. The summed E-state index contributed by atoms with van der Waals surface area (Å²) < 4.78 is 12.5.